The summed E-state index contributed by atoms with van der Waals surface area (Å²) < 4.78 is 1.49. The van der Waals surface area contributed by atoms with Gasteiger partial charge < -0.3 is 5.32 Å². The van der Waals surface area contributed by atoms with Crippen molar-refractivity contribution >= 4 is 29.3 Å². The molecular formula is C23H23N7O2. The first kappa shape index (κ1) is 21.1. The molecule has 4 aromatic rings. The van der Waals surface area contributed by atoms with Crippen molar-refractivity contribution < 1.29 is 4.79 Å². The van der Waals surface area contributed by atoms with Gasteiger partial charge in [-0.3, -0.25) is 14.6 Å². The highest BCUT2D eigenvalue weighted by molar-refractivity contribution is 5.86. The summed E-state index contributed by atoms with van der Waals surface area (Å²) in [6.45, 7) is 7.47. The van der Waals surface area contributed by atoms with Crippen LogP contribution in [0.2, 0.25) is 0 Å². The molecule has 32 heavy (non-hydrogen) atoms. The van der Waals surface area contributed by atoms with Crippen molar-refractivity contribution in [2.45, 2.75) is 26.7 Å². The second kappa shape index (κ2) is 8.93. The predicted octanol–water partition coefficient (Wildman–Crippen LogP) is 2.34. The maximum atomic E-state index is 13.2. The first-order valence-electron chi connectivity index (χ1n) is 10.2. The number of carbonyl (C=O) groups is 1. The van der Waals surface area contributed by atoms with Gasteiger partial charge in [0, 0.05) is 30.2 Å². The summed E-state index contributed by atoms with van der Waals surface area (Å²) >= 11 is 0. The Bertz CT molecular complexity index is 1360. The molecule has 0 radical (unpaired) electrons. The lowest BCUT2D eigenvalue weighted by atomic mass is 10.1. The van der Waals surface area contributed by atoms with Crippen LogP contribution in [0.4, 0.5) is 5.82 Å². The van der Waals surface area contributed by atoms with Crippen LogP contribution in [0.15, 0.2) is 58.6 Å². The SMILES string of the molecule is C=NC(=O)Cc1ccc2c(c1)c(C)nn2-n1c(C)cnc(NCCc2ccccn2)c1=O. The number of hydrogen-bond donors (Lipinski definition) is 1. The first-order chi connectivity index (χ1) is 15.5. The van der Waals surface area contributed by atoms with E-state index in [9.17, 15) is 9.59 Å². The normalized spacial score (nSPS) is 10.9. The lowest BCUT2D eigenvalue weighted by Crippen LogP contribution is -2.32. The maximum absolute atomic E-state index is 13.2. The highest BCUT2D eigenvalue weighted by atomic mass is 16.1. The molecule has 0 atom stereocenters. The van der Waals surface area contributed by atoms with Gasteiger partial charge >= 0.3 is 5.56 Å². The third-order valence-electron chi connectivity index (χ3n) is 5.14. The predicted molar refractivity (Wildman–Crippen MR) is 123 cm³/mol. The number of nitrogens with one attached hydrogen (secondary N) is 1. The van der Waals surface area contributed by atoms with Gasteiger partial charge in [0.1, 0.15) is 0 Å². The topological polar surface area (TPSA) is 107 Å². The molecule has 9 heteroatoms. The molecule has 0 fully saturated rings. The van der Waals surface area contributed by atoms with Gasteiger partial charge in [-0.2, -0.15) is 14.6 Å². The maximum Gasteiger partial charge on any atom is 0.313 e. The quantitative estimate of drug-likeness (QED) is 0.452. The Morgan fingerprint density at radius 2 is 2.03 bits per heavy atom. The van der Waals surface area contributed by atoms with E-state index in [1.807, 2.05) is 43.3 Å². The van der Waals surface area contributed by atoms with Crippen LogP contribution in [0.3, 0.4) is 0 Å². The molecule has 3 heterocycles. The zero-order chi connectivity index (χ0) is 22.7. The van der Waals surface area contributed by atoms with E-state index in [1.165, 1.54) is 4.68 Å². The van der Waals surface area contributed by atoms with E-state index in [0.717, 1.165) is 27.9 Å². The number of aryl methyl sites for hydroxylation is 2. The van der Waals surface area contributed by atoms with Crippen LogP contribution < -0.4 is 10.9 Å². The monoisotopic (exact) mass is 429 g/mol. The number of aromatic nitrogens is 5. The third kappa shape index (κ3) is 4.18. The molecule has 9 nitrogen and oxygen atoms in total. The van der Waals surface area contributed by atoms with Crippen molar-refractivity contribution in [3.8, 4) is 0 Å². The van der Waals surface area contributed by atoms with Crippen LogP contribution in [0.25, 0.3) is 10.9 Å². The highest BCUT2D eigenvalue weighted by Gasteiger charge is 2.15. The molecule has 0 unspecified atom stereocenters. The number of hydrogen-bond acceptors (Lipinski definition) is 6. The van der Waals surface area contributed by atoms with E-state index in [0.29, 0.717) is 18.7 Å². The molecule has 0 saturated heterocycles. The van der Waals surface area contributed by atoms with E-state index < -0.39 is 0 Å². The molecule has 1 N–H and O–H groups in total. The molecule has 0 bridgehead atoms. The van der Waals surface area contributed by atoms with Crippen molar-refractivity contribution in [1.82, 2.24) is 24.5 Å². The molecule has 0 aliphatic rings. The van der Waals surface area contributed by atoms with Crippen LogP contribution >= 0.6 is 0 Å². The Balaban J connectivity index is 1.67. The summed E-state index contributed by atoms with van der Waals surface area (Å²) in [4.78, 5) is 38.4. The Labute approximate surface area is 184 Å². The van der Waals surface area contributed by atoms with E-state index in [1.54, 1.807) is 24.1 Å². The average Bonchev–Trinajstić information content (AvgIpc) is 3.11. The molecule has 1 aromatic carbocycles. The Morgan fingerprint density at radius 3 is 2.78 bits per heavy atom. The minimum Gasteiger partial charge on any atom is -0.365 e. The minimum atomic E-state index is -0.300. The summed E-state index contributed by atoms with van der Waals surface area (Å²) in [5.74, 6) is -0.0517. The van der Waals surface area contributed by atoms with E-state index in [-0.39, 0.29) is 23.7 Å². The van der Waals surface area contributed by atoms with Crippen LogP contribution in [0, 0.1) is 13.8 Å². The molecular weight excluding hydrogens is 406 g/mol. The lowest BCUT2D eigenvalue weighted by molar-refractivity contribution is -0.117. The third-order valence-corrected chi connectivity index (χ3v) is 5.14. The lowest BCUT2D eigenvalue weighted by Gasteiger charge is -2.13. The number of amides is 1. The number of fused-ring (bicyclic) bond motifs is 1. The van der Waals surface area contributed by atoms with Gasteiger partial charge in [0.15, 0.2) is 5.82 Å². The van der Waals surface area contributed by atoms with E-state index in [4.69, 9.17) is 0 Å². The Morgan fingerprint density at radius 1 is 1.19 bits per heavy atom. The summed E-state index contributed by atoms with van der Waals surface area (Å²) in [6, 6.07) is 11.3. The van der Waals surface area contributed by atoms with Crippen molar-refractivity contribution in [2.75, 3.05) is 11.9 Å². The van der Waals surface area contributed by atoms with Gasteiger partial charge in [0.2, 0.25) is 5.91 Å². The van der Waals surface area contributed by atoms with Crippen LogP contribution in [0.1, 0.15) is 22.6 Å². The fraction of sp³-hybridized carbons (Fsp3) is 0.217. The van der Waals surface area contributed by atoms with Crippen LogP contribution in [-0.2, 0) is 17.6 Å². The van der Waals surface area contributed by atoms with Gasteiger partial charge in [-0.15, -0.1) is 0 Å². The number of benzene rings is 1. The molecule has 4 rings (SSSR count). The van der Waals surface area contributed by atoms with Gasteiger partial charge in [0.05, 0.1) is 29.5 Å². The number of aliphatic imine (C=N–C) groups is 1. The fourth-order valence-corrected chi connectivity index (χ4v) is 3.53. The average molecular weight is 429 g/mol. The first-order valence-corrected chi connectivity index (χ1v) is 10.2. The Kier molecular flexibility index (Phi) is 5.89. The van der Waals surface area contributed by atoms with E-state index in [2.05, 4.69) is 32.1 Å². The zero-order valence-electron chi connectivity index (χ0n) is 17.9. The molecule has 162 valence electrons. The number of pyridine rings is 1. The highest BCUT2D eigenvalue weighted by Crippen LogP contribution is 2.21. The molecule has 0 spiro atoms. The molecule has 0 aliphatic heterocycles. The van der Waals surface area contributed by atoms with E-state index >= 15 is 0 Å². The van der Waals surface area contributed by atoms with Crippen molar-refractivity contribution in [1.29, 1.82) is 0 Å². The number of nitrogens with zero attached hydrogens (tertiary/aromatic N) is 6. The zero-order valence-corrected chi connectivity index (χ0v) is 17.9. The van der Waals surface area contributed by atoms with Crippen LogP contribution in [0.5, 0.6) is 0 Å². The molecule has 0 aliphatic carbocycles. The van der Waals surface area contributed by atoms with Crippen molar-refractivity contribution in [3.63, 3.8) is 0 Å². The molecule has 3 aromatic heterocycles. The fourth-order valence-electron chi connectivity index (χ4n) is 3.53. The minimum absolute atomic E-state index is 0.169. The van der Waals surface area contributed by atoms with Gasteiger partial charge in [-0.25, -0.2) is 9.98 Å². The summed E-state index contributed by atoms with van der Waals surface area (Å²) in [7, 11) is 0. The van der Waals surface area contributed by atoms with Gasteiger partial charge in [-0.1, -0.05) is 12.1 Å². The number of anilines is 1. The second-order valence-electron chi connectivity index (χ2n) is 7.42. The van der Waals surface area contributed by atoms with Gasteiger partial charge in [-0.05, 0) is 50.4 Å². The summed E-state index contributed by atoms with van der Waals surface area (Å²) in [5, 5.41) is 8.55. The van der Waals surface area contributed by atoms with Crippen molar-refractivity contribution in [3.05, 3.63) is 81.8 Å². The smallest absolute Gasteiger partial charge is 0.313 e. The summed E-state index contributed by atoms with van der Waals surface area (Å²) in [6.07, 6.45) is 4.21. The second-order valence-corrected chi connectivity index (χ2v) is 7.42. The number of carbonyl (C=O) groups excluding carboxylic acids is 1. The number of rotatable bonds is 7. The summed E-state index contributed by atoms with van der Waals surface area (Å²) in [5.41, 5.74) is 3.58. The Hall–Kier alpha value is -4.14. The molecule has 0 saturated carbocycles. The standard InChI is InChI=1S/C23H23N7O2/c1-15-14-27-22(26-11-9-18-6-4-5-10-25-18)23(32)29(15)30-20-8-7-17(13-21(31)24-3)12-19(20)16(2)28-30/h4-8,10,12,14H,3,9,11,13H2,1-2H3,(H,26,27). The van der Waals surface area contributed by atoms with Gasteiger partial charge in [0.25, 0.3) is 0 Å². The van der Waals surface area contributed by atoms with Crippen molar-refractivity contribution in [2.24, 2.45) is 4.99 Å². The molecule has 1 amide bonds. The largest absolute Gasteiger partial charge is 0.365 e. The van der Waals surface area contributed by atoms with Crippen LogP contribution in [-0.4, -0.2) is 43.7 Å².